The molecule has 1 N–H and O–H groups in total. The van der Waals surface area contributed by atoms with E-state index >= 15 is 0 Å². The second-order valence-corrected chi connectivity index (χ2v) is 8.61. The van der Waals surface area contributed by atoms with Crippen LogP contribution in [-0.4, -0.2) is 35.0 Å². The zero-order valence-electron chi connectivity index (χ0n) is 16.3. The molecule has 1 heterocycles. The number of hydrogen-bond donors (Lipinski definition) is 1. The number of rotatable bonds is 0. The summed E-state index contributed by atoms with van der Waals surface area (Å²) in [6.45, 7) is 3.16. The highest BCUT2D eigenvalue weighted by Gasteiger charge is 2.54. The number of aryl methyl sites for hydroxylation is 1. The molecule has 1 aliphatic heterocycles. The molecular formula is C23H27NO4. The zero-order chi connectivity index (χ0) is 19.9. The zero-order valence-corrected chi connectivity index (χ0v) is 16.3. The van der Waals surface area contributed by atoms with Crippen molar-refractivity contribution < 1.29 is 19.4 Å². The summed E-state index contributed by atoms with van der Waals surface area (Å²) in [7, 11) is 0. The number of fused-ring (bicyclic) bond motifs is 5. The first-order valence-corrected chi connectivity index (χ1v) is 10.2. The lowest BCUT2D eigenvalue weighted by Crippen LogP contribution is -2.42. The average Bonchev–Trinajstić information content (AvgIpc) is 3.24. The molecule has 1 aromatic rings. The van der Waals surface area contributed by atoms with Crippen LogP contribution in [0, 0.1) is 29.7 Å². The molecular weight excluding hydrogens is 354 g/mol. The van der Waals surface area contributed by atoms with Crippen LogP contribution in [0.25, 0.3) is 0 Å². The number of nitrogens with zero attached hydrogens (tertiary/aromatic N) is 1. The highest BCUT2D eigenvalue weighted by Crippen LogP contribution is 2.59. The predicted octanol–water partition coefficient (Wildman–Crippen LogP) is 3.85. The minimum absolute atomic E-state index is 0.0322. The maximum atomic E-state index is 12.3. The van der Waals surface area contributed by atoms with Crippen LogP contribution in [0.15, 0.2) is 18.2 Å². The molecule has 5 rings (SSSR count). The fourth-order valence-corrected chi connectivity index (χ4v) is 5.85. The van der Waals surface area contributed by atoms with E-state index in [0.29, 0.717) is 42.4 Å². The van der Waals surface area contributed by atoms with E-state index in [9.17, 15) is 14.7 Å². The van der Waals surface area contributed by atoms with Crippen molar-refractivity contribution in [3.63, 3.8) is 0 Å². The van der Waals surface area contributed by atoms with Gasteiger partial charge in [-0.1, -0.05) is 19.4 Å². The third kappa shape index (κ3) is 3.05. The molecule has 148 valence electrons. The van der Waals surface area contributed by atoms with Crippen LogP contribution in [0.3, 0.4) is 0 Å². The van der Waals surface area contributed by atoms with Gasteiger partial charge in [-0.3, -0.25) is 4.79 Å². The summed E-state index contributed by atoms with van der Waals surface area (Å²) >= 11 is 0. The Labute approximate surface area is 166 Å². The SMILES string of the molecule is C#CN1CCOC1=O.C[C@]12CC[C@@H]3c4ccc(O)cc4CC[C@H]3[C@@H]1CCC2=O. The number of benzene rings is 1. The van der Waals surface area contributed by atoms with E-state index in [1.54, 1.807) is 0 Å². The fourth-order valence-electron chi connectivity index (χ4n) is 5.85. The minimum atomic E-state index is -0.410. The number of phenolic OH excluding ortho intramolecular Hbond substituents is 1. The maximum absolute atomic E-state index is 12.3. The van der Waals surface area contributed by atoms with Crippen molar-refractivity contribution in [2.45, 2.75) is 51.4 Å². The first kappa shape index (κ1) is 18.9. The smallest absolute Gasteiger partial charge is 0.421 e. The lowest BCUT2D eigenvalue weighted by atomic mass is 9.55. The van der Waals surface area contributed by atoms with Crippen LogP contribution in [-0.2, 0) is 16.0 Å². The third-order valence-corrected chi connectivity index (χ3v) is 7.34. The van der Waals surface area contributed by atoms with Crippen molar-refractivity contribution in [1.29, 1.82) is 0 Å². The lowest BCUT2D eigenvalue weighted by Gasteiger charge is -2.48. The van der Waals surface area contributed by atoms with E-state index in [2.05, 4.69) is 23.8 Å². The molecule has 0 aromatic heterocycles. The van der Waals surface area contributed by atoms with E-state index in [0.717, 1.165) is 32.1 Å². The number of terminal acetylenes is 1. The molecule has 0 bridgehead atoms. The molecule has 1 saturated heterocycles. The minimum Gasteiger partial charge on any atom is -0.508 e. The third-order valence-electron chi connectivity index (χ3n) is 7.34. The van der Waals surface area contributed by atoms with Gasteiger partial charge in [-0.25, -0.2) is 9.69 Å². The fraction of sp³-hybridized carbons (Fsp3) is 0.565. The number of phenols is 1. The van der Waals surface area contributed by atoms with Gasteiger partial charge in [-0.05, 0) is 73.1 Å². The molecule has 5 nitrogen and oxygen atoms in total. The number of hydrogen-bond acceptors (Lipinski definition) is 4. The van der Waals surface area contributed by atoms with Crippen LogP contribution >= 0.6 is 0 Å². The molecule has 0 spiro atoms. The molecule has 0 radical (unpaired) electrons. The van der Waals surface area contributed by atoms with Crippen LogP contribution in [0.4, 0.5) is 4.79 Å². The molecule has 1 amide bonds. The van der Waals surface area contributed by atoms with E-state index in [1.165, 1.54) is 22.4 Å². The highest BCUT2D eigenvalue weighted by atomic mass is 16.6. The average molecular weight is 381 g/mol. The molecule has 1 aromatic carbocycles. The number of carbonyl (C=O) groups is 2. The molecule has 3 fully saturated rings. The number of amides is 1. The van der Waals surface area contributed by atoms with Gasteiger partial charge in [0.1, 0.15) is 18.1 Å². The predicted molar refractivity (Wildman–Crippen MR) is 105 cm³/mol. The molecule has 4 atom stereocenters. The van der Waals surface area contributed by atoms with E-state index < -0.39 is 6.09 Å². The van der Waals surface area contributed by atoms with Gasteiger partial charge >= 0.3 is 6.09 Å². The van der Waals surface area contributed by atoms with Gasteiger partial charge in [0.2, 0.25) is 0 Å². The van der Waals surface area contributed by atoms with Crippen molar-refractivity contribution in [1.82, 2.24) is 4.90 Å². The van der Waals surface area contributed by atoms with Gasteiger partial charge in [0.05, 0.1) is 6.54 Å². The number of ether oxygens (including phenoxy) is 1. The number of Topliss-reactive ketones (excluding diaryl/α,β-unsaturated/α-hetero) is 1. The van der Waals surface area contributed by atoms with Crippen LogP contribution < -0.4 is 0 Å². The second-order valence-electron chi connectivity index (χ2n) is 8.61. The summed E-state index contributed by atoms with van der Waals surface area (Å²) in [5, 5.41) is 9.67. The largest absolute Gasteiger partial charge is 0.508 e. The van der Waals surface area contributed by atoms with Gasteiger partial charge in [0.15, 0.2) is 0 Å². The normalized spacial score (nSPS) is 33.0. The highest BCUT2D eigenvalue weighted by molar-refractivity contribution is 5.87. The summed E-state index contributed by atoms with van der Waals surface area (Å²) in [6, 6.07) is 8.07. The van der Waals surface area contributed by atoms with Gasteiger partial charge < -0.3 is 9.84 Å². The quantitative estimate of drug-likeness (QED) is 0.693. The molecule has 5 heteroatoms. The summed E-state index contributed by atoms with van der Waals surface area (Å²) in [5.74, 6) is 2.78. The molecule has 2 saturated carbocycles. The first-order chi connectivity index (χ1) is 13.4. The van der Waals surface area contributed by atoms with E-state index in [1.807, 2.05) is 12.1 Å². The molecule has 4 aliphatic rings. The molecule has 28 heavy (non-hydrogen) atoms. The van der Waals surface area contributed by atoms with Crippen molar-refractivity contribution in [2.24, 2.45) is 17.3 Å². The number of aromatic hydroxyl groups is 1. The Morgan fingerprint density at radius 1 is 1.25 bits per heavy atom. The Balaban J connectivity index is 0.000000203. The lowest BCUT2D eigenvalue weighted by molar-refractivity contribution is -0.129. The monoisotopic (exact) mass is 381 g/mol. The second kappa shape index (κ2) is 7.16. The first-order valence-electron chi connectivity index (χ1n) is 10.2. The standard InChI is InChI=1S/C18H22O2.C5H5NO2/c1-18-9-8-14-13-5-3-12(19)10-11(13)2-4-15(14)16(18)6-7-17(18)20;1-2-6-3-4-8-5(6)7/h3,5,10,14-16,19H,2,4,6-9H2,1H3;1H,3-4H2/t14-,15-,16+,18+;/m1./s1. The van der Waals surface area contributed by atoms with Crippen LogP contribution in [0.1, 0.15) is 56.1 Å². The van der Waals surface area contributed by atoms with Crippen molar-refractivity contribution >= 4 is 11.9 Å². The summed E-state index contributed by atoms with van der Waals surface area (Å²) < 4.78 is 4.50. The summed E-state index contributed by atoms with van der Waals surface area (Å²) in [4.78, 5) is 23.8. The van der Waals surface area contributed by atoms with E-state index in [-0.39, 0.29) is 5.41 Å². The molecule has 0 unspecified atom stereocenters. The number of cyclic esters (lactones) is 1. The number of ketones is 1. The topological polar surface area (TPSA) is 66.8 Å². The number of carbonyl (C=O) groups excluding carboxylic acids is 2. The van der Waals surface area contributed by atoms with Crippen LogP contribution in [0.2, 0.25) is 0 Å². The van der Waals surface area contributed by atoms with Gasteiger partial charge in [-0.2, -0.15) is 0 Å². The van der Waals surface area contributed by atoms with Crippen LogP contribution in [0.5, 0.6) is 5.75 Å². The maximum Gasteiger partial charge on any atom is 0.421 e. The van der Waals surface area contributed by atoms with Crippen molar-refractivity contribution in [3.05, 3.63) is 29.3 Å². The van der Waals surface area contributed by atoms with E-state index in [4.69, 9.17) is 6.42 Å². The molecule has 3 aliphatic carbocycles. The Hall–Kier alpha value is -2.48. The Bertz CT molecular complexity index is 841. The summed E-state index contributed by atoms with van der Waals surface area (Å²) in [6.07, 6.45) is 10.8. The Kier molecular flexibility index (Phi) is 4.82. The Morgan fingerprint density at radius 2 is 2.07 bits per heavy atom. The Morgan fingerprint density at radius 3 is 2.75 bits per heavy atom. The van der Waals surface area contributed by atoms with Gasteiger partial charge in [0.25, 0.3) is 0 Å². The van der Waals surface area contributed by atoms with Gasteiger partial charge in [0, 0.05) is 17.9 Å². The van der Waals surface area contributed by atoms with Gasteiger partial charge in [-0.15, -0.1) is 0 Å². The van der Waals surface area contributed by atoms with Crippen molar-refractivity contribution in [3.8, 4) is 18.2 Å². The van der Waals surface area contributed by atoms with Crippen molar-refractivity contribution in [2.75, 3.05) is 13.2 Å². The summed E-state index contributed by atoms with van der Waals surface area (Å²) in [5.41, 5.74) is 2.75.